The lowest BCUT2D eigenvalue weighted by Gasteiger charge is -2.29. The summed E-state index contributed by atoms with van der Waals surface area (Å²) in [6.45, 7) is 7.88. The molecule has 3 nitrogen and oxygen atoms in total. The number of hydrogen-bond donors (Lipinski definition) is 1. The first-order valence-electron chi connectivity index (χ1n) is 5.59. The monoisotopic (exact) mass is 200 g/mol. The van der Waals surface area contributed by atoms with Crippen molar-refractivity contribution in [2.45, 2.75) is 32.4 Å². The van der Waals surface area contributed by atoms with Crippen molar-refractivity contribution in [3.05, 3.63) is 0 Å². The molecule has 3 heteroatoms. The van der Waals surface area contributed by atoms with Gasteiger partial charge >= 0.3 is 0 Å². The summed E-state index contributed by atoms with van der Waals surface area (Å²) < 4.78 is 5.20. The predicted molar refractivity (Wildman–Crippen MR) is 59.5 cm³/mol. The van der Waals surface area contributed by atoms with Crippen LogP contribution in [0.4, 0.5) is 0 Å². The maximum absolute atomic E-state index is 5.20. The molecule has 84 valence electrons. The minimum Gasteiger partial charge on any atom is -0.384 e. The molecule has 1 heterocycles. The molecule has 0 bridgehead atoms. The van der Waals surface area contributed by atoms with Crippen LogP contribution in [0.3, 0.4) is 0 Å². The van der Waals surface area contributed by atoms with E-state index in [0.29, 0.717) is 12.1 Å². The van der Waals surface area contributed by atoms with Crippen LogP contribution in [0.1, 0.15) is 20.3 Å². The zero-order valence-corrected chi connectivity index (χ0v) is 9.92. The molecule has 1 aliphatic heterocycles. The first-order valence-corrected chi connectivity index (χ1v) is 5.59. The molecule has 0 saturated carbocycles. The van der Waals surface area contributed by atoms with E-state index in [1.165, 1.54) is 19.5 Å². The van der Waals surface area contributed by atoms with Gasteiger partial charge in [-0.3, -0.25) is 4.90 Å². The molecule has 0 aromatic heterocycles. The van der Waals surface area contributed by atoms with E-state index in [4.69, 9.17) is 4.74 Å². The fourth-order valence-corrected chi connectivity index (χ4v) is 2.16. The van der Waals surface area contributed by atoms with Gasteiger partial charge in [0.05, 0.1) is 6.61 Å². The van der Waals surface area contributed by atoms with Crippen LogP contribution in [-0.2, 0) is 4.74 Å². The summed E-state index contributed by atoms with van der Waals surface area (Å²) in [5, 5.41) is 3.32. The third-order valence-electron chi connectivity index (χ3n) is 3.47. The Morgan fingerprint density at radius 1 is 1.50 bits per heavy atom. The van der Waals surface area contributed by atoms with Crippen LogP contribution in [0.25, 0.3) is 0 Å². The molecule has 3 unspecified atom stereocenters. The fraction of sp³-hybridized carbons (Fsp3) is 1.00. The smallest absolute Gasteiger partial charge is 0.0503 e. The normalized spacial score (nSPS) is 27.9. The van der Waals surface area contributed by atoms with E-state index >= 15 is 0 Å². The van der Waals surface area contributed by atoms with E-state index in [9.17, 15) is 0 Å². The average Bonchev–Trinajstić information content (AvgIpc) is 2.64. The van der Waals surface area contributed by atoms with Crippen LogP contribution in [0.2, 0.25) is 0 Å². The Balaban J connectivity index is 2.33. The molecule has 0 aromatic carbocycles. The van der Waals surface area contributed by atoms with E-state index in [0.717, 1.165) is 12.5 Å². The molecule has 0 radical (unpaired) electrons. The molecule has 3 atom stereocenters. The van der Waals surface area contributed by atoms with E-state index in [1.807, 2.05) is 7.05 Å². The van der Waals surface area contributed by atoms with Crippen molar-refractivity contribution >= 4 is 0 Å². The van der Waals surface area contributed by atoms with Gasteiger partial charge < -0.3 is 10.1 Å². The summed E-state index contributed by atoms with van der Waals surface area (Å²) in [7, 11) is 3.83. The van der Waals surface area contributed by atoms with Gasteiger partial charge in [-0.2, -0.15) is 0 Å². The predicted octanol–water partition coefficient (Wildman–Crippen LogP) is 0.951. The molecule has 1 saturated heterocycles. The number of likely N-dealkylation sites (N-methyl/N-ethyl adjacent to an activating group) is 1. The quantitative estimate of drug-likeness (QED) is 0.715. The molecule has 0 spiro atoms. The number of likely N-dealkylation sites (tertiary alicyclic amines) is 1. The van der Waals surface area contributed by atoms with Gasteiger partial charge in [0.2, 0.25) is 0 Å². The van der Waals surface area contributed by atoms with E-state index in [-0.39, 0.29) is 0 Å². The summed E-state index contributed by atoms with van der Waals surface area (Å²) in [4.78, 5) is 2.56. The first-order chi connectivity index (χ1) is 6.69. The topological polar surface area (TPSA) is 24.5 Å². The number of rotatable bonds is 5. The lowest BCUT2D eigenvalue weighted by atomic mass is 10.1. The third-order valence-corrected chi connectivity index (χ3v) is 3.47. The van der Waals surface area contributed by atoms with Crippen molar-refractivity contribution in [3.63, 3.8) is 0 Å². The maximum atomic E-state index is 5.20. The van der Waals surface area contributed by atoms with Crippen molar-refractivity contribution in [2.24, 2.45) is 5.92 Å². The standard InChI is InChI=1S/C11H24N2O/c1-9(12-3)10(2)13-6-5-11(7-13)8-14-4/h9-12H,5-8H2,1-4H3. The Morgan fingerprint density at radius 2 is 2.21 bits per heavy atom. The summed E-state index contributed by atoms with van der Waals surface area (Å²) in [6, 6.07) is 1.19. The lowest BCUT2D eigenvalue weighted by Crippen LogP contribution is -2.44. The number of nitrogens with zero attached hydrogens (tertiary/aromatic N) is 1. The molecule has 1 aliphatic rings. The van der Waals surface area contributed by atoms with Gasteiger partial charge in [0.25, 0.3) is 0 Å². The fourth-order valence-electron chi connectivity index (χ4n) is 2.16. The molecule has 0 amide bonds. The minimum atomic E-state index is 0.566. The van der Waals surface area contributed by atoms with Gasteiger partial charge in [0.1, 0.15) is 0 Å². The number of ether oxygens (including phenoxy) is 1. The lowest BCUT2D eigenvalue weighted by molar-refractivity contribution is 0.144. The van der Waals surface area contributed by atoms with Crippen LogP contribution in [0.5, 0.6) is 0 Å². The average molecular weight is 200 g/mol. The third kappa shape index (κ3) is 2.94. The summed E-state index contributed by atoms with van der Waals surface area (Å²) in [6.07, 6.45) is 1.29. The number of hydrogen-bond acceptors (Lipinski definition) is 3. The van der Waals surface area contributed by atoms with Gasteiger partial charge in [-0.05, 0) is 39.8 Å². The molecular formula is C11H24N2O. The van der Waals surface area contributed by atoms with E-state index in [1.54, 1.807) is 7.11 Å². The van der Waals surface area contributed by atoms with Gasteiger partial charge in [0, 0.05) is 25.7 Å². The van der Waals surface area contributed by atoms with Gasteiger partial charge in [0.15, 0.2) is 0 Å². The summed E-state index contributed by atoms with van der Waals surface area (Å²) in [5.41, 5.74) is 0. The summed E-state index contributed by atoms with van der Waals surface area (Å²) in [5.74, 6) is 0.742. The van der Waals surface area contributed by atoms with Crippen LogP contribution in [0, 0.1) is 5.92 Å². The first kappa shape index (κ1) is 12.0. The van der Waals surface area contributed by atoms with Crippen LogP contribution in [-0.4, -0.2) is 50.8 Å². The zero-order valence-electron chi connectivity index (χ0n) is 9.92. The number of nitrogens with one attached hydrogen (secondary N) is 1. The Kier molecular flexibility index (Phi) is 4.85. The SMILES string of the molecule is CNC(C)C(C)N1CCC(COC)C1. The molecule has 1 fully saturated rings. The molecule has 1 N–H and O–H groups in total. The van der Waals surface area contributed by atoms with Crippen molar-refractivity contribution in [2.75, 3.05) is 33.9 Å². The van der Waals surface area contributed by atoms with Gasteiger partial charge in [-0.1, -0.05) is 0 Å². The second-order valence-corrected chi connectivity index (χ2v) is 4.42. The van der Waals surface area contributed by atoms with Crippen molar-refractivity contribution in [3.8, 4) is 0 Å². The number of methoxy groups -OCH3 is 1. The van der Waals surface area contributed by atoms with Crippen molar-refractivity contribution < 1.29 is 4.74 Å². The van der Waals surface area contributed by atoms with Gasteiger partial charge in [-0.15, -0.1) is 0 Å². The van der Waals surface area contributed by atoms with Crippen LogP contribution in [0.15, 0.2) is 0 Å². The Morgan fingerprint density at radius 3 is 2.79 bits per heavy atom. The van der Waals surface area contributed by atoms with Crippen molar-refractivity contribution in [1.82, 2.24) is 10.2 Å². The largest absolute Gasteiger partial charge is 0.384 e. The summed E-state index contributed by atoms with van der Waals surface area (Å²) >= 11 is 0. The van der Waals surface area contributed by atoms with E-state index < -0.39 is 0 Å². The Hall–Kier alpha value is -0.120. The van der Waals surface area contributed by atoms with Crippen molar-refractivity contribution in [1.29, 1.82) is 0 Å². The van der Waals surface area contributed by atoms with E-state index in [2.05, 4.69) is 24.1 Å². The molecular weight excluding hydrogens is 176 g/mol. The molecule has 14 heavy (non-hydrogen) atoms. The minimum absolute atomic E-state index is 0.566. The maximum Gasteiger partial charge on any atom is 0.0503 e. The zero-order chi connectivity index (χ0) is 10.6. The Bertz CT molecular complexity index is 163. The van der Waals surface area contributed by atoms with Crippen LogP contribution >= 0.6 is 0 Å². The molecule has 0 aromatic rings. The molecule has 1 rings (SSSR count). The van der Waals surface area contributed by atoms with Gasteiger partial charge in [-0.25, -0.2) is 0 Å². The second kappa shape index (κ2) is 5.69. The highest BCUT2D eigenvalue weighted by molar-refractivity contribution is 4.83. The highest BCUT2D eigenvalue weighted by Crippen LogP contribution is 2.19. The van der Waals surface area contributed by atoms with Crippen LogP contribution < -0.4 is 5.32 Å². The molecule has 0 aliphatic carbocycles. The second-order valence-electron chi connectivity index (χ2n) is 4.42. The Labute approximate surface area is 87.8 Å². The highest BCUT2D eigenvalue weighted by Gasteiger charge is 2.27. The highest BCUT2D eigenvalue weighted by atomic mass is 16.5.